The number of imidazole rings is 1. The molecule has 0 spiro atoms. The van der Waals surface area contributed by atoms with E-state index in [1.807, 2.05) is 12.1 Å². The number of hydrogen-bond acceptors (Lipinski definition) is 2. The van der Waals surface area contributed by atoms with Gasteiger partial charge < -0.3 is 9.30 Å². The Hall–Kier alpha value is -1.22. The van der Waals surface area contributed by atoms with E-state index in [0.717, 1.165) is 30.1 Å². The van der Waals surface area contributed by atoms with Crippen LogP contribution in [0.2, 0.25) is 0 Å². The molecule has 0 amide bonds. The quantitative estimate of drug-likeness (QED) is 0.778. The van der Waals surface area contributed by atoms with Gasteiger partial charge in [0.15, 0.2) is 0 Å². The summed E-state index contributed by atoms with van der Waals surface area (Å²) in [4.78, 5) is 4.75. The van der Waals surface area contributed by atoms with Crippen molar-refractivity contribution in [2.75, 3.05) is 13.0 Å². The topological polar surface area (TPSA) is 27.1 Å². The average molecular weight is 293 g/mol. The number of benzene rings is 1. The number of aromatic nitrogens is 2. The van der Waals surface area contributed by atoms with Gasteiger partial charge in [-0.1, -0.05) is 13.3 Å². The summed E-state index contributed by atoms with van der Waals surface area (Å²) in [7, 11) is 1.69. The Labute approximate surface area is 124 Å². The van der Waals surface area contributed by atoms with Crippen molar-refractivity contribution in [1.82, 2.24) is 9.55 Å². The normalized spacial score (nSPS) is 17.1. The minimum atomic E-state index is 0.425. The van der Waals surface area contributed by atoms with Crippen molar-refractivity contribution in [2.24, 2.45) is 5.41 Å². The average Bonchev–Trinajstić information content (AvgIpc) is 2.74. The first-order valence-electron chi connectivity index (χ1n) is 7.24. The van der Waals surface area contributed by atoms with Gasteiger partial charge in [0, 0.05) is 24.9 Å². The number of fused-ring (bicyclic) bond motifs is 1. The Kier molecular flexibility index (Phi) is 3.63. The van der Waals surface area contributed by atoms with Crippen molar-refractivity contribution in [3.63, 3.8) is 0 Å². The number of nitrogens with zero attached hydrogens (tertiary/aromatic N) is 2. The lowest BCUT2D eigenvalue weighted by atomic mass is 9.70. The number of alkyl halides is 1. The minimum absolute atomic E-state index is 0.425. The Balaban J connectivity index is 2.04. The fraction of sp³-hybridized carbons (Fsp3) is 0.562. The van der Waals surface area contributed by atoms with Crippen molar-refractivity contribution < 1.29 is 4.74 Å². The third kappa shape index (κ3) is 2.39. The summed E-state index contributed by atoms with van der Waals surface area (Å²) in [5.41, 5.74) is 2.63. The van der Waals surface area contributed by atoms with E-state index in [-0.39, 0.29) is 0 Å². The molecule has 1 aromatic heterocycles. The molecular formula is C16H21ClN2O. The molecule has 3 nitrogen and oxygen atoms in total. The van der Waals surface area contributed by atoms with E-state index in [0.29, 0.717) is 11.3 Å². The highest BCUT2D eigenvalue weighted by molar-refractivity contribution is 6.17. The summed E-state index contributed by atoms with van der Waals surface area (Å²) in [5, 5.41) is 0. The van der Waals surface area contributed by atoms with E-state index in [2.05, 4.69) is 17.6 Å². The molecule has 20 heavy (non-hydrogen) atoms. The van der Waals surface area contributed by atoms with Crippen molar-refractivity contribution >= 4 is 22.6 Å². The predicted octanol–water partition coefficient (Wildman–Crippen LogP) is 4.02. The molecule has 1 aliphatic rings. The highest BCUT2D eigenvalue weighted by Gasteiger charge is 2.33. The van der Waals surface area contributed by atoms with Crippen molar-refractivity contribution in [1.29, 1.82) is 0 Å². The van der Waals surface area contributed by atoms with Gasteiger partial charge in [0.1, 0.15) is 11.6 Å². The van der Waals surface area contributed by atoms with E-state index in [4.69, 9.17) is 21.3 Å². The molecule has 0 bridgehead atoms. The van der Waals surface area contributed by atoms with Crippen LogP contribution in [-0.2, 0) is 13.0 Å². The number of rotatable bonds is 5. The summed E-state index contributed by atoms with van der Waals surface area (Å²) in [5.74, 6) is 2.56. The molecule has 0 atom stereocenters. The van der Waals surface area contributed by atoms with Crippen molar-refractivity contribution in [3.05, 3.63) is 24.0 Å². The van der Waals surface area contributed by atoms with Crippen LogP contribution in [0.4, 0.5) is 0 Å². The molecule has 0 N–H and O–H groups in total. The number of aryl methyl sites for hydroxylation is 1. The first kappa shape index (κ1) is 13.7. The van der Waals surface area contributed by atoms with Crippen molar-refractivity contribution in [3.8, 4) is 5.75 Å². The van der Waals surface area contributed by atoms with Gasteiger partial charge in [-0.15, -0.1) is 11.6 Å². The maximum Gasteiger partial charge on any atom is 0.121 e. The zero-order valence-electron chi connectivity index (χ0n) is 12.2. The molecule has 0 radical (unpaired) electrons. The minimum Gasteiger partial charge on any atom is -0.497 e. The van der Waals surface area contributed by atoms with Crippen LogP contribution in [0.1, 0.15) is 32.0 Å². The third-order valence-electron chi connectivity index (χ3n) is 4.45. The Morgan fingerprint density at radius 3 is 2.80 bits per heavy atom. The zero-order valence-corrected chi connectivity index (χ0v) is 12.9. The summed E-state index contributed by atoms with van der Waals surface area (Å²) in [6, 6.07) is 6.13. The molecule has 2 aromatic rings. The van der Waals surface area contributed by atoms with Gasteiger partial charge in [-0.05, 0) is 30.4 Å². The van der Waals surface area contributed by atoms with E-state index >= 15 is 0 Å². The van der Waals surface area contributed by atoms with E-state index in [1.165, 1.54) is 24.8 Å². The van der Waals surface area contributed by atoms with Gasteiger partial charge in [-0.2, -0.15) is 0 Å². The Morgan fingerprint density at radius 1 is 1.40 bits per heavy atom. The molecular weight excluding hydrogens is 272 g/mol. The van der Waals surface area contributed by atoms with Gasteiger partial charge in [0.05, 0.1) is 18.1 Å². The molecule has 0 saturated heterocycles. The van der Waals surface area contributed by atoms with Crippen molar-refractivity contribution in [2.45, 2.75) is 39.2 Å². The molecule has 0 aliphatic heterocycles. The van der Waals surface area contributed by atoms with Crippen LogP contribution in [0.3, 0.4) is 0 Å². The first-order chi connectivity index (χ1) is 9.65. The summed E-state index contributed by atoms with van der Waals surface area (Å²) in [6.07, 6.45) is 4.78. The standard InChI is InChI=1S/C16H21ClN2O/c1-16(7-3-8-16)11-19-14-5-4-12(20-2)10-13(14)18-15(19)6-9-17/h4-5,10H,3,6-9,11H2,1-2H3. The maximum atomic E-state index is 5.94. The van der Waals surface area contributed by atoms with E-state index in [9.17, 15) is 0 Å². The lowest BCUT2D eigenvalue weighted by Crippen LogP contribution is -2.31. The molecule has 1 fully saturated rings. The fourth-order valence-electron chi connectivity index (χ4n) is 3.06. The van der Waals surface area contributed by atoms with Gasteiger partial charge in [-0.3, -0.25) is 0 Å². The number of halogens is 1. The SMILES string of the molecule is COc1ccc2c(c1)nc(CCCl)n2CC1(C)CCC1. The maximum absolute atomic E-state index is 5.94. The molecule has 3 rings (SSSR count). The van der Waals surface area contributed by atoms with Crippen LogP contribution >= 0.6 is 11.6 Å². The van der Waals surface area contributed by atoms with Crippen LogP contribution < -0.4 is 4.74 Å². The largest absolute Gasteiger partial charge is 0.497 e. The van der Waals surface area contributed by atoms with Crippen LogP contribution in [0.15, 0.2) is 18.2 Å². The van der Waals surface area contributed by atoms with E-state index < -0.39 is 0 Å². The Morgan fingerprint density at radius 2 is 2.20 bits per heavy atom. The van der Waals surface area contributed by atoms with Gasteiger partial charge >= 0.3 is 0 Å². The third-order valence-corrected chi connectivity index (χ3v) is 4.64. The molecule has 108 valence electrons. The molecule has 1 aromatic carbocycles. The van der Waals surface area contributed by atoms with E-state index in [1.54, 1.807) is 7.11 Å². The lowest BCUT2D eigenvalue weighted by molar-refractivity contribution is 0.132. The van der Waals surface area contributed by atoms with Crippen LogP contribution in [-0.4, -0.2) is 22.5 Å². The number of ether oxygens (including phenoxy) is 1. The summed E-state index contributed by atoms with van der Waals surface area (Å²) >= 11 is 5.94. The summed E-state index contributed by atoms with van der Waals surface area (Å²) < 4.78 is 7.65. The lowest BCUT2D eigenvalue weighted by Gasteiger charge is -2.39. The van der Waals surface area contributed by atoms with Crippen LogP contribution in [0, 0.1) is 5.41 Å². The molecule has 1 saturated carbocycles. The second-order valence-electron chi connectivity index (χ2n) is 6.07. The molecule has 1 heterocycles. The first-order valence-corrected chi connectivity index (χ1v) is 7.78. The second kappa shape index (κ2) is 5.28. The second-order valence-corrected chi connectivity index (χ2v) is 6.45. The predicted molar refractivity (Wildman–Crippen MR) is 82.7 cm³/mol. The molecule has 1 aliphatic carbocycles. The number of methoxy groups -OCH3 is 1. The van der Waals surface area contributed by atoms with Crippen LogP contribution in [0.5, 0.6) is 5.75 Å². The molecule has 0 unspecified atom stereocenters. The summed E-state index contributed by atoms with van der Waals surface area (Å²) in [6.45, 7) is 3.42. The van der Waals surface area contributed by atoms with Gasteiger partial charge in [0.2, 0.25) is 0 Å². The highest BCUT2D eigenvalue weighted by atomic mass is 35.5. The number of hydrogen-bond donors (Lipinski definition) is 0. The van der Waals surface area contributed by atoms with Gasteiger partial charge in [-0.25, -0.2) is 4.98 Å². The smallest absolute Gasteiger partial charge is 0.121 e. The zero-order chi connectivity index (χ0) is 14.2. The monoisotopic (exact) mass is 292 g/mol. The van der Waals surface area contributed by atoms with Crippen LogP contribution in [0.25, 0.3) is 11.0 Å². The van der Waals surface area contributed by atoms with Gasteiger partial charge in [0.25, 0.3) is 0 Å². The highest BCUT2D eigenvalue weighted by Crippen LogP contribution is 2.42. The fourth-order valence-corrected chi connectivity index (χ4v) is 3.23. The Bertz CT molecular complexity index is 616. The molecule has 4 heteroatoms.